The number of rotatable bonds is 4. The average molecular weight is 353 g/mol. The molecule has 26 heavy (non-hydrogen) atoms. The minimum absolute atomic E-state index is 0.0363. The van der Waals surface area contributed by atoms with E-state index in [9.17, 15) is 4.79 Å². The Morgan fingerprint density at radius 2 is 1.81 bits per heavy atom. The fourth-order valence-corrected chi connectivity index (χ4v) is 3.23. The number of hydrogen-bond donors (Lipinski definition) is 0. The molecule has 1 amide bonds. The van der Waals surface area contributed by atoms with Crippen LogP contribution in [-0.2, 0) is 0 Å². The summed E-state index contributed by atoms with van der Waals surface area (Å²) in [5, 5.41) is 0. The van der Waals surface area contributed by atoms with Crippen LogP contribution in [0.2, 0.25) is 0 Å². The topological polar surface area (TPSA) is 45.7 Å². The van der Waals surface area contributed by atoms with Crippen LogP contribution in [0.4, 0.5) is 5.69 Å². The molecule has 2 heterocycles. The summed E-state index contributed by atoms with van der Waals surface area (Å²) in [5.74, 6) is 0.588. The standard InChI is InChI=1S/C21H27N3O2/c1-15(2)26-20-9-8-18(14-22-20)21(25)24-12-10-23(11-13-24)19-7-5-6-16(3)17(19)4/h5-9,14-15H,10-13H2,1-4H3. The van der Waals surface area contributed by atoms with Gasteiger partial charge in [-0.15, -0.1) is 0 Å². The van der Waals surface area contributed by atoms with Crippen molar-refractivity contribution in [1.29, 1.82) is 0 Å². The molecule has 3 rings (SSSR count). The van der Waals surface area contributed by atoms with Crippen molar-refractivity contribution in [2.75, 3.05) is 31.1 Å². The van der Waals surface area contributed by atoms with Crippen molar-refractivity contribution in [3.05, 3.63) is 53.2 Å². The molecule has 1 aromatic carbocycles. The van der Waals surface area contributed by atoms with Crippen LogP contribution in [0.3, 0.4) is 0 Å². The molecule has 1 aromatic heterocycles. The number of benzene rings is 1. The maximum absolute atomic E-state index is 12.7. The number of ether oxygens (including phenoxy) is 1. The van der Waals surface area contributed by atoms with E-state index in [4.69, 9.17) is 4.74 Å². The molecule has 0 unspecified atom stereocenters. The van der Waals surface area contributed by atoms with Crippen molar-refractivity contribution < 1.29 is 9.53 Å². The normalized spacial score (nSPS) is 14.7. The van der Waals surface area contributed by atoms with Crippen molar-refractivity contribution in [3.8, 4) is 5.88 Å². The van der Waals surface area contributed by atoms with E-state index in [0.717, 1.165) is 26.2 Å². The van der Waals surface area contributed by atoms with Crippen LogP contribution in [-0.4, -0.2) is 48.1 Å². The number of carbonyl (C=O) groups is 1. The monoisotopic (exact) mass is 353 g/mol. The second-order valence-electron chi connectivity index (χ2n) is 7.05. The van der Waals surface area contributed by atoms with Gasteiger partial charge in [-0.25, -0.2) is 4.98 Å². The van der Waals surface area contributed by atoms with Gasteiger partial charge < -0.3 is 14.5 Å². The second kappa shape index (κ2) is 7.77. The molecule has 0 N–H and O–H groups in total. The van der Waals surface area contributed by atoms with Gasteiger partial charge in [0.25, 0.3) is 5.91 Å². The number of piperazine rings is 1. The number of aryl methyl sites for hydroxylation is 1. The molecule has 0 bridgehead atoms. The molecule has 1 fully saturated rings. The van der Waals surface area contributed by atoms with Gasteiger partial charge in [-0.1, -0.05) is 12.1 Å². The summed E-state index contributed by atoms with van der Waals surface area (Å²) in [6.45, 7) is 11.3. The smallest absolute Gasteiger partial charge is 0.255 e. The van der Waals surface area contributed by atoms with E-state index >= 15 is 0 Å². The molecular weight excluding hydrogens is 326 g/mol. The summed E-state index contributed by atoms with van der Waals surface area (Å²) in [4.78, 5) is 21.2. The van der Waals surface area contributed by atoms with Crippen LogP contribution >= 0.6 is 0 Å². The number of amides is 1. The van der Waals surface area contributed by atoms with Crippen molar-refractivity contribution in [3.63, 3.8) is 0 Å². The second-order valence-corrected chi connectivity index (χ2v) is 7.05. The highest BCUT2D eigenvalue weighted by Crippen LogP contribution is 2.24. The third-order valence-electron chi connectivity index (χ3n) is 4.82. The van der Waals surface area contributed by atoms with Crippen LogP contribution in [0.5, 0.6) is 5.88 Å². The van der Waals surface area contributed by atoms with Gasteiger partial charge in [0.1, 0.15) is 0 Å². The molecule has 0 atom stereocenters. The lowest BCUT2D eigenvalue weighted by Gasteiger charge is -2.37. The average Bonchev–Trinajstić information content (AvgIpc) is 2.64. The van der Waals surface area contributed by atoms with E-state index in [2.05, 4.69) is 41.9 Å². The van der Waals surface area contributed by atoms with Crippen LogP contribution in [0.15, 0.2) is 36.5 Å². The number of pyridine rings is 1. The summed E-state index contributed by atoms with van der Waals surface area (Å²) in [5.41, 5.74) is 4.50. The Morgan fingerprint density at radius 3 is 2.42 bits per heavy atom. The van der Waals surface area contributed by atoms with E-state index in [1.54, 1.807) is 18.3 Å². The lowest BCUT2D eigenvalue weighted by atomic mass is 10.1. The molecule has 1 saturated heterocycles. The van der Waals surface area contributed by atoms with Gasteiger partial charge in [0.2, 0.25) is 5.88 Å². The summed E-state index contributed by atoms with van der Waals surface area (Å²) < 4.78 is 5.54. The van der Waals surface area contributed by atoms with Crippen molar-refractivity contribution in [2.24, 2.45) is 0 Å². The van der Waals surface area contributed by atoms with E-state index in [1.165, 1.54) is 16.8 Å². The van der Waals surface area contributed by atoms with Crippen LogP contribution < -0.4 is 9.64 Å². The Bertz CT molecular complexity index is 763. The fourth-order valence-electron chi connectivity index (χ4n) is 3.23. The van der Waals surface area contributed by atoms with Gasteiger partial charge in [0, 0.05) is 44.1 Å². The molecular formula is C21H27N3O2. The van der Waals surface area contributed by atoms with E-state index in [-0.39, 0.29) is 12.0 Å². The zero-order valence-corrected chi connectivity index (χ0v) is 16.0. The molecule has 2 aromatic rings. The predicted octanol–water partition coefficient (Wildman–Crippen LogP) is 3.45. The number of nitrogens with zero attached hydrogens (tertiary/aromatic N) is 3. The highest BCUT2D eigenvalue weighted by Gasteiger charge is 2.23. The van der Waals surface area contributed by atoms with Gasteiger partial charge >= 0.3 is 0 Å². The number of anilines is 1. The number of aromatic nitrogens is 1. The minimum Gasteiger partial charge on any atom is -0.475 e. The molecule has 0 radical (unpaired) electrons. The fraction of sp³-hybridized carbons (Fsp3) is 0.429. The van der Waals surface area contributed by atoms with E-state index < -0.39 is 0 Å². The van der Waals surface area contributed by atoms with Crippen molar-refractivity contribution in [1.82, 2.24) is 9.88 Å². The highest BCUT2D eigenvalue weighted by molar-refractivity contribution is 5.94. The maximum Gasteiger partial charge on any atom is 0.255 e. The summed E-state index contributed by atoms with van der Waals surface area (Å²) in [6, 6.07) is 9.96. The van der Waals surface area contributed by atoms with E-state index in [0.29, 0.717) is 11.4 Å². The summed E-state index contributed by atoms with van der Waals surface area (Å²) in [6.07, 6.45) is 1.68. The van der Waals surface area contributed by atoms with Gasteiger partial charge in [-0.05, 0) is 51.0 Å². The number of carbonyl (C=O) groups excluding carboxylic acids is 1. The third-order valence-corrected chi connectivity index (χ3v) is 4.82. The predicted molar refractivity (Wildman–Crippen MR) is 104 cm³/mol. The largest absolute Gasteiger partial charge is 0.475 e. The first-order valence-electron chi connectivity index (χ1n) is 9.19. The first kappa shape index (κ1) is 18.2. The van der Waals surface area contributed by atoms with Gasteiger partial charge in [0.05, 0.1) is 11.7 Å². The molecule has 1 aliphatic heterocycles. The Hall–Kier alpha value is -2.56. The van der Waals surface area contributed by atoms with Crippen LogP contribution in [0.1, 0.15) is 35.3 Å². The Labute approximate surface area is 155 Å². The Morgan fingerprint density at radius 1 is 1.08 bits per heavy atom. The van der Waals surface area contributed by atoms with Crippen LogP contribution in [0, 0.1) is 13.8 Å². The van der Waals surface area contributed by atoms with Crippen molar-refractivity contribution >= 4 is 11.6 Å². The maximum atomic E-state index is 12.7. The SMILES string of the molecule is Cc1cccc(N2CCN(C(=O)c3ccc(OC(C)C)nc3)CC2)c1C. The quantitative estimate of drug-likeness (QED) is 0.845. The zero-order chi connectivity index (χ0) is 18.7. The third kappa shape index (κ3) is 3.98. The first-order valence-corrected chi connectivity index (χ1v) is 9.19. The first-order chi connectivity index (χ1) is 12.5. The Balaban J connectivity index is 1.62. The zero-order valence-electron chi connectivity index (χ0n) is 16.0. The molecule has 5 nitrogen and oxygen atoms in total. The molecule has 0 spiro atoms. The summed E-state index contributed by atoms with van der Waals surface area (Å²) in [7, 11) is 0. The lowest BCUT2D eigenvalue weighted by Crippen LogP contribution is -2.49. The molecule has 0 saturated carbocycles. The molecule has 0 aliphatic carbocycles. The number of hydrogen-bond acceptors (Lipinski definition) is 4. The van der Waals surface area contributed by atoms with Gasteiger partial charge in [0.15, 0.2) is 0 Å². The summed E-state index contributed by atoms with van der Waals surface area (Å²) >= 11 is 0. The minimum atomic E-state index is 0.0363. The lowest BCUT2D eigenvalue weighted by molar-refractivity contribution is 0.0746. The van der Waals surface area contributed by atoms with Gasteiger partial charge in [-0.3, -0.25) is 4.79 Å². The Kier molecular flexibility index (Phi) is 5.45. The highest BCUT2D eigenvalue weighted by atomic mass is 16.5. The molecule has 1 aliphatic rings. The molecule has 5 heteroatoms. The van der Waals surface area contributed by atoms with E-state index in [1.807, 2.05) is 18.7 Å². The van der Waals surface area contributed by atoms with Crippen LogP contribution in [0.25, 0.3) is 0 Å². The molecule has 138 valence electrons. The van der Waals surface area contributed by atoms with Crippen molar-refractivity contribution in [2.45, 2.75) is 33.8 Å². The van der Waals surface area contributed by atoms with Gasteiger partial charge in [-0.2, -0.15) is 0 Å².